The molecule has 1 aromatic heterocycles. The van der Waals surface area contributed by atoms with Crippen LogP contribution in [0.25, 0.3) is 0 Å². The minimum absolute atomic E-state index is 0.201. The van der Waals surface area contributed by atoms with Gasteiger partial charge >= 0.3 is 0 Å². The maximum atomic E-state index is 12.8. The molecule has 0 spiro atoms. The summed E-state index contributed by atoms with van der Waals surface area (Å²) in [6.45, 7) is 1.68. The molecule has 0 atom stereocenters. The monoisotopic (exact) mass is 244 g/mol. The highest BCUT2D eigenvalue weighted by Crippen LogP contribution is 2.32. The predicted octanol–water partition coefficient (Wildman–Crippen LogP) is 1.80. The van der Waals surface area contributed by atoms with E-state index in [1.54, 1.807) is 12.4 Å². The lowest BCUT2D eigenvalue weighted by molar-refractivity contribution is 0.518. The standard InChI is InChI=1S/C13H13FN4/c14-11-3-1-9(2-4-11)10-7-18(8-10)13-12(15)16-5-6-17-13/h1-6,10H,7-8H2,(H2,15,16). The maximum absolute atomic E-state index is 12.8. The molecule has 2 aromatic rings. The van der Waals surface area contributed by atoms with Gasteiger partial charge in [-0.15, -0.1) is 0 Å². The molecule has 1 saturated heterocycles. The van der Waals surface area contributed by atoms with Crippen molar-refractivity contribution in [2.24, 2.45) is 0 Å². The normalized spacial score (nSPS) is 15.5. The molecule has 0 amide bonds. The van der Waals surface area contributed by atoms with Gasteiger partial charge in [0.25, 0.3) is 0 Å². The third-order valence-electron chi connectivity index (χ3n) is 3.23. The van der Waals surface area contributed by atoms with E-state index in [-0.39, 0.29) is 5.82 Å². The largest absolute Gasteiger partial charge is 0.381 e. The average Bonchev–Trinajstić information content (AvgIpc) is 2.32. The maximum Gasteiger partial charge on any atom is 0.171 e. The number of hydrogen-bond acceptors (Lipinski definition) is 4. The van der Waals surface area contributed by atoms with Gasteiger partial charge in [-0.1, -0.05) is 12.1 Å². The fraction of sp³-hybridized carbons (Fsp3) is 0.231. The van der Waals surface area contributed by atoms with Crippen LogP contribution in [-0.4, -0.2) is 23.1 Å². The minimum atomic E-state index is -0.201. The van der Waals surface area contributed by atoms with Crippen LogP contribution in [0, 0.1) is 5.82 Å². The van der Waals surface area contributed by atoms with Gasteiger partial charge in [-0.3, -0.25) is 0 Å². The van der Waals surface area contributed by atoms with Crippen molar-refractivity contribution in [2.75, 3.05) is 23.7 Å². The van der Waals surface area contributed by atoms with Gasteiger partial charge in [0.05, 0.1) is 0 Å². The number of hydrogen-bond donors (Lipinski definition) is 1. The van der Waals surface area contributed by atoms with Gasteiger partial charge in [-0.25, -0.2) is 14.4 Å². The molecular formula is C13H13FN4. The van der Waals surface area contributed by atoms with Crippen LogP contribution in [0.1, 0.15) is 11.5 Å². The topological polar surface area (TPSA) is 55.0 Å². The molecule has 4 nitrogen and oxygen atoms in total. The van der Waals surface area contributed by atoms with Crippen LogP contribution in [-0.2, 0) is 0 Å². The van der Waals surface area contributed by atoms with Gasteiger partial charge in [0.15, 0.2) is 11.6 Å². The van der Waals surface area contributed by atoms with Crippen molar-refractivity contribution in [3.8, 4) is 0 Å². The van der Waals surface area contributed by atoms with Crippen molar-refractivity contribution < 1.29 is 4.39 Å². The van der Waals surface area contributed by atoms with E-state index in [1.165, 1.54) is 12.1 Å². The van der Waals surface area contributed by atoms with Crippen LogP contribution in [0.2, 0.25) is 0 Å². The van der Waals surface area contributed by atoms with E-state index in [0.717, 1.165) is 24.5 Å². The van der Waals surface area contributed by atoms with E-state index in [9.17, 15) is 4.39 Å². The molecule has 1 fully saturated rings. The highest BCUT2D eigenvalue weighted by molar-refractivity contribution is 5.59. The molecule has 1 aliphatic rings. The van der Waals surface area contributed by atoms with Crippen molar-refractivity contribution in [3.63, 3.8) is 0 Å². The Kier molecular flexibility index (Phi) is 2.59. The number of rotatable bonds is 2. The van der Waals surface area contributed by atoms with Gasteiger partial charge < -0.3 is 10.6 Å². The van der Waals surface area contributed by atoms with Crippen LogP contribution < -0.4 is 10.6 Å². The van der Waals surface area contributed by atoms with Crippen molar-refractivity contribution in [1.29, 1.82) is 0 Å². The lowest BCUT2D eigenvalue weighted by atomic mass is 9.91. The van der Waals surface area contributed by atoms with Crippen LogP contribution in [0.5, 0.6) is 0 Å². The molecule has 0 bridgehead atoms. The summed E-state index contributed by atoms with van der Waals surface area (Å²) in [5.41, 5.74) is 6.92. The van der Waals surface area contributed by atoms with E-state index in [2.05, 4.69) is 14.9 Å². The first kappa shape index (κ1) is 11.0. The number of anilines is 2. The SMILES string of the molecule is Nc1nccnc1N1CC(c2ccc(F)cc2)C1. The first-order valence-electron chi connectivity index (χ1n) is 5.81. The second-order valence-electron chi connectivity index (χ2n) is 4.42. The summed E-state index contributed by atoms with van der Waals surface area (Å²) in [4.78, 5) is 10.3. The molecule has 0 unspecified atom stereocenters. The second kappa shape index (κ2) is 4.25. The van der Waals surface area contributed by atoms with Crippen LogP contribution in [0.15, 0.2) is 36.7 Å². The summed E-state index contributed by atoms with van der Waals surface area (Å²) in [5.74, 6) is 1.39. The summed E-state index contributed by atoms with van der Waals surface area (Å²) >= 11 is 0. The number of halogens is 1. The number of nitrogens with zero attached hydrogens (tertiary/aromatic N) is 3. The molecule has 2 heterocycles. The Morgan fingerprint density at radius 1 is 1.11 bits per heavy atom. The van der Waals surface area contributed by atoms with E-state index >= 15 is 0 Å². The van der Waals surface area contributed by atoms with Crippen molar-refractivity contribution >= 4 is 11.6 Å². The molecule has 92 valence electrons. The summed E-state index contributed by atoms with van der Waals surface area (Å²) in [6, 6.07) is 6.65. The third-order valence-corrected chi connectivity index (χ3v) is 3.23. The van der Waals surface area contributed by atoms with Crippen molar-refractivity contribution in [3.05, 3.63) is 48.0 Å². The Balaban J connectivity index is 1.70. The Labute approximate surface area is 104 Å². The Hall–Kier alpha value is -2.17. The molecule has 0 radical (unpaired) electrons. The molecule has 1 aliphatic heterocycles. The number of nitrogen functional groups attached to an aromatic ring is 1. The zero-order valence-corrected chi connectivity index (χ0v) is 9.75. The molecule has 1 aromatic carbocycles. The highest BCUT2D eigenvalue weighted by Gasteiger charge is 2.30. The van der Waals surface area contributed by atoms with Crippen LogP contribution in [0.4, 0.5) is 16.0 Å². The predicted molar refractivity (Wildman–Crippen MR) is 67.8 cm³/mol. The number of aromatic nitrogens is 2. The molecule has 3 rings (SSSR count). The first-order valence-corrected chi connectivity index (χ1v) is 5.81. The highest BCUT2D eigenvalue weighted by atomic mass is 19.1. The lowest BCUT2D eigenvalue weighted by Crippen LogP contribution is -2.45. The fourth-order valence-corrected chi connectivity index (χ4v) is 2.18. The molecule has 0 saturated carbocycles. The number of benzene rings is 1. The number of nitrogens with two attached hydrogens (primary N) is 1. The molecule has 18 heavy (non-hydrogen) atoms. The minimum Gasteiger partial charge on any atom is -0.381 e. The molecule has 5 heteroatoms. The zero-order valence-electron chi connectivity index (χ0n) is 9.75. The van der Waals surface area contributed by atoms with E-state index in [4.69, 9.17) is 5.73 Å². The van der Waals surface area contributed by atoms with Crippen LogP contribution in [0.3, 0.4) is 0 Å². The quantitative estimate of drug-likeness (QED) is 0.875. The Morgan fingerprint density at radius 2 is 1.78 bits per heavy atom. The van der Waals surface area contributed by atoms with Gasteiger partial charge in [0.1, 0.15) is 5.82 Å². The Morgan fingerprint density at radius 3 is 2.44 bits per heavy atom. The van der Waals surface area contributed by atoms with Gasteiger partial charge in [-0.05, 0) is 17.7 Å². The fourth-order valence-electron chi connectivity index (χ4n) is 2.18. The van der Waals surface area contributed by atoms with Crippen molar-refractivity contribution in [1.82, 2.24) is 9.97 Å². The molecule has 0 aliphatic carbocycles. The van der Waals surface area contributed by atoms with E-state index in [1.807, 2.05) is 12.1 Å². The smallest absolute Gasteiger partial charge is 0.171 e. The van der Waals surface area contributed by atoms with E-state index < -0.39 is 0 Å². The first-order chi connectivity index (χ1) is 8.74. The van der Waals surface area contributed by atoms with Crippen molar-refractivity contribution in [2.45, 2.75) is 5.92 Å². The summed E-state index contributed by atoms with van der Waals surface area (Å²) in [7, 11) is 0. The Bertz CT molecular complexity index is 549. The average molecular weight is 244 g/mol. The van der Waals surface area contributed by atoms with Gasteiger partial charge in [0, 0.05) is 31.4 Å². The van der Waals surface area contributed by atoms with E-state index in [0.29, 0.717) is 11.7 Å². The van der Waals surface area contributed by atoms with Gasteiger partial charge in [0.2, 0.25) is 0 Å². The van der Waals surface area contributed by atoms with Gasteiger partial charge in [-0.2, -0.15) is 0 Å². The molecule has 2 N–H and O–H groups in total. The summed E-state index contributed by atoms with van der Waals surface area (Å²) < 4.78 is 12.8. The van der Waals surface area contributed by atoms with Crippen LogP contribution >= 0.6 is 0 Å². The second-order valence-corrected chi connectivity index (χ2v) is 4.42. The lowest BCUT2D eigenvalue weighted by Gasteiger charge is -2.40. The summed E-state index contributed by atoms with van der Waals surface area (Å²) in [5, 5.41) is 0. The zero-order chi connectivity index (χ0) is 12.5. The summed E-state index contributed by atoms with van der Waals surface area (Å²) in [6.07, 6.45) is 3.22. The third kappa shape index (κ3) is 1.88. The molecular weight excluding hydrogens is 231 g/mol.